The maximum atomic E-state index is 12.4. The first kappa shape index (κ1) is 19.4. The van der Waals surface area contributed by atoms with Crippen LogP contribution in [0.4, 0.5) is 4.79 Å². The van der Waals surface area contributed by atoms with Gasteiger partial charge < -0.3 is 19.4 Å². The number of ether oxygens (including phenoxy) is 1. The summed E-state index contributed by atoms with van der Waals surface area (Å²) in [6, 6.07) is 11.7. The quantitative estimate of drug-likeness (QED) is 0.663. The predicted molar refractivity (Wildman–Crippen MR) is 111 cm³/mol. The first-order valence-corrected chi connectivity index (χ1v) is 10.6. The van der Waals surface area contributed by atoms with Crippen LogP contribution >= 0.6 is 11.3 Å². The highest BCUT2D eigenvalue weighted by atomic mass is 32.1. The fourth-order valence-electron chi connectivity index (χ4n) is 3.45. The summed E-state index contributed by atoms with van der Waals surface area (Å²) in [5.74, 6) is 1.94. The van der Waals surface area contributed by atoms with Crippen LogP contribution in [0, 0.1) is 0 Å². The maximum absolute atomic E-state index is 12.4. The third kappa shape index (κ3) is 4.76. The molecule has 0 radical (unpaired) electrons. The van der Waals surface area contributed by atoms with Crippen molar-refractivity contribution in [3.63, 3.8) is 0 Å². The van der Waals surface area contributed by atoms with Crippen LogP contribution in [0.15, 0.2) is 47.1 Å². The molecule has 1 aliphatic rings. The summed E-state index contributed by atoms with van der Waals surface area (Å²) in [4.78, 5) is 14.3. The summed E-state index contributed by atoms with van der Waals surface area (Å²) in [7, 11) is 1.65. The number of piperidine rings is 1. The number of carbonyl (C=O) groups is 1. The van der Waals surface area contributed by atoms with Gasteiger partial charge in [-0.3, -0.25) is 0 Å². The van der Waals surface area contributed by atoms with Gasteiger partial charge in [0.1, 0.15) is 10.8 Å². The summed E-state index contributed by atoms with van der Waals surface area (Å²) in [5, 5.41) is 13.4. The smallest absolute Gasteiger partial charge is 0.317 e. The molecule has 0 spiro atoms. The molecule has 0 atom stereocenters. The van der Waals surface area contributed by atoms with E-state index in [0.29, 0.717) is 12.5 Å². The SMILES string of the molecule is COc1ccc(CCNC(=O)N2CCC(c3nnc(-c4ccco4)s3)CC2)cc1. The number of hydrogen-bond donors (Lipinski definition) is 1. The summed E-state index contributed by atoms with van der Waals surface area (Å²) in [6.07, 6.45) is 4.24. The van der Waals surface area contributed by atoms with E-state index in [-0.39, 0.29) is 6.03 Å². The zero-order valence-electron chi connectivity index (χ0n) is 16.3. The molecule has 0 saturated carbocycles. The fraction of sp³-hybridized carbons (Fsp3) is 0.381. The van der Waals surface area contributed by atoms with Crippen molar-refractivity contribution >= 4 is 17.4 Å². The second-order valence-electron chi connectivity index (χ2n) is 7.01. The Hall–Kier alpha value is -2.87. The van der Waals surface area contributed by atoms with Crippen LogP contribution in [0.3, 0.4) is 0 Å². The molecule has 1 N–H and O–H groups in total. The molecule has 1 aromatic carbocycles. The number of hydrogen-bond acceptors (Lipinski definition) is 6. The lowest BCUT2D eigenvalue weighted by Gasteiger charge is -2.31. The zero-order chi connectivity index (χ0) is 20.1. The van der Waals surface area contributed by atoms with Gasteiger partial charge in [-0.2, -0.15) is 0 Å². The average Bonchev–Trinajstić information content (AvgIpc) is 3.46. The molecule has 3 aromatic rings. The highest BCUT2D eigenvalue weighted by Crippen LogP contribution is 2.33. The lowest BCUT2D eigenvalue weighted by atomic mass is 9.98. The van der Waals surface area contributed by atoms with Gasteiger partial charge in [0.25, 0.3) is 0 Å². The molecule has 2 aromatic heterocycles. The van der Waals surface area contributed by atoms with Gasteiger partial charge in [-0.05, 0) is 49.1 Å². The molecule has 152 valence electrons. The molecule has 2 amide bonds. The Labute approximate surface area is 173 Å². The Bertz CT molecular complexity index is 916. The van der Waals surface area contributed by atoms with Gasteiger partial charge in [0.05, 0.1) is 13.4 Å². The van der Waals surface area contributed by atoms with Gasteiger partial charge in [-0.1, -0.05) is 23.5 Å². The monoisotopic (exact) mass is 412 g/mol. The topological polar surface area (TPSA) is 80.5 Å². The van der Waals surface area contributed by atoms with Crippen LogP contribution in [0.5, 0.6) is 5.75 Å². The summed E-state index contributed by atoms with van der Waals surface area (Å²) >= 11 is 1.58. The van der Waals surface area contributed by atoms with Crippen molar-refractivity contribution in [3.8, 4) is 16.5 Å². The van der Waals surface area contributed by atoms with E-state index in [1.165, 1.54) is 5.56 Å². The molecule has 7 nitrogen and oxygen atoms in total. The fourth-order valence-corrected chi connectivity index (χ4v) is 4.43. The van der Waals surface area contributed by atoms with Gasteiger partial charge in [0.2, 0.25) is 0 Å². The third-order valence-corrected chi connectivity index (χ3v) is 6.25. The number of furan rings is 1. The van der Waals surface area contributed by atoms with Crippen molar-refractivity contribution in [1.29, 1.82) is 0 Å². The van der Waals surface area contributed by atoms with Crippen molar-refractivity contribution < 1.29 is 13.9 Å². The van der Waals surface area contributed by atoms with E-state index in [0.717, 1.165) is 53.9 Å². The van der Waals surface area contributed by atoms with E-state index in [2.05, 4.69) is 15.5 Å². The standard InChI is InChI=1S/C21H24N4O3S/c1-27-17-6-4-15(5-7-17)8-11-22-21(26)25-12-9-16(10-13-25)19-23-24-20(29-19)18-3-2-14-28-18/h2-7,14,16H,8-13H2,1H3,(H,22,26). The molecule has 3 heterocycles. The molecule has 1 fully saturated rings. The number of nitrogens with one attached hydrogen (secondary N) is 1. The Morgan fingerprint density at radius 1 is 1.24 bits per heavy atom. The van der Waals surface area contributed by atoms with Crippen LogP contribution in [0.2, 0.25) is 0 Å². The van der Waals surface area contributed by atoms with Crippen LogP contribution < -0.4 is 10.1 Å². The second-order valence-corrected chi connectivity index (χ2v) is 8.02. The highest BCUT2D eigenvalue weighted by Gasteiger charge is 2.26. The number of benzene rings is 1. The van der Waals surface area contributed by atoms with E-state index >= 15 is 0 Å². The summed E-state index contributed by atoms with van der Waals surface area (Å²) in [5.41, 5.74) is 1.17. The molecule has 0 bridgehead atoms. The predicted octanol–water partition coefficient (Wildman–Crippen LogP) is 3.94. The van der Waals surface area contributed by atoms with E-state index < -0.39 is 0 Å². The van der Waals surface area contributed by atoms with E-state index in [1.54, 1.807) is 24.7 Å². The minimum Gasteiger partial charge on any atom is -0.497 e. The van der Waals surface area contributed by atoms with Crippen LogP contribution in [-0.2, 0) is 6.42 Å². The highest BCUT2D eigenvalue weighted by molar-refractivity contribution is 7.14. The number of carbonyl (C=O) groups excluding carboxylic acids is 1. The van der Waals surface area contributed by atoms with E-state index in [4.69, 9.17) is 9.15 Å². The Kier molecular flexibility index (Phi) is 6.09. The van der Waals surface area contributed by atoms with Gasteiger partial charge in [-0.15, -0.1) is 10.2 Å². The Balaban J connectivity index is 1.22. The van der Waals surface area contributed by atoms with Gasteiger partial charge in [0.15, 0.2) is 10.8 Å². The minimum absolute atomic E-state index is 0.00509. The van der Waals surface area contributed by atoms with Crippen molar-refractivity contribution in [3.05, 3.63) is 53.2 Å². The third-order valence-electron chi connectivity index (χ3n) is 5.15. The summed E-state index contributed by atoms with van der Waals surface area (Å²) in [6.45, 7) is 2.08. The van der Waals surface area contributed by atoms with Gasteiger partial charge in [0, 0.05) is 25.6 Å². The molecule has 0 aliphatic carbocycles. The normalized spacial score (nSPS) is 14.7. The summed E-state index contributed by atoms with van der Waals surface area (Å²) < 4.78 is 10.6. The second kappa shape index (κ2) is 9.09. The molecule has 1 saturated heterocycles. The molecule has 1 aliphatic heterocycles. The number of rotatable bonds is 6. The largest absolute Gasteiger partial charge is 0.497 e. The molecule has 8 heteroatoms. The van der Waals surface area contributed by atoms with Crippen molar-refractivity contribution in [2.24, 2.45) is 0 Å². The van der Waals surface area contributed by atoms with Gasteiger partial charge >= 0.3 is 6.03 Å². The zero-order valence-corrected chi connectivity index (χ0v) is 17.2. The van der Waals surface area contributed by atoms with Crippen molar-refractivity contribution in [1.82, 2.24) is 20.4 Å². The molecule has 4 rings (SSSR count). The van der Waals surface area contributed by atoms with Crippen LogP contribution in [-0.4, -0.2) is 47.9 Å². The number of methoxy groups -OCH3 is 1. The molecular weight excluding hydrogens is 388 g/mol. The number of nitrogens with zero attached hydrogens (tertiary/aromatic N) is 3. The Morgan fingerprint density at radius 3 is 2.72 bits per heavy atom. The van der Waals surface area contributed by atoms with Crippen LogP contribution in [0.1, 0.15) is 29.3 Å². The lowest BCUT2D eigenvalue weighted by molar-refractivity contribution is 0.181. The van der Waals surface area contributed by atoms with E-state index in [1.807, 2.05) is 41.3 Å². The van der Waals surface area contributed by atoms with Crippen LogP contribution in [0.25, 0.3) is 10.8 Å². The number of likely N-dealkylation sites (tertiary alicyclic amines) is 1. The minimum atomic E-state index is 0.00509. The maximum Gasteiger partial charge on any atom is 0.317 e. The molecular formula is C21H24N4O3S. The van der Waals surface area contributed by atoms with Gasteiger partial charge in [-0.25, -0.2) is 4.79 Å². The number of urea groups is 1. The number of aromatic nitrogens is 2. The molecule has 29 heavy (non-hydrogen) atoms. The Morgan fingerprint density at radius 2 is 2.03 bits per heavy atom. The average molecular weight is 413 g/mol. The van der Waals surface area contributed by atoms with Crippen molar-refractivity contribution in [2.45, 2.75) is 25.2 Å². The van der Waals surface area contributed by atoms with Crippen molar-refractivity contribution in [2.75, 3.05) is 26.7 Å². The van der Waals surface area contributed by atoms with E-state index in [9.17, 15) is 4.79 Å². The molecule has 0 unspecified atom stereocenters. The first-order valence-electron chi connectivity index (χ1n) is 9.76. The first-order chi connectivity index (χ1) is 14.2. The lowest BCUT2D eigenvalue weighted by Crippen LogP contribution is -2.44. The number of amides is 2.